The van der Waals surface area contributed by atoms with Crippen molar-refractivity contribution in [1.29, 1.82) is 0 Å². The second kappa shape index (κ2) is 23.2. The van der Waals surface area contributed by atoms with Crippen molar-refractivity contribution in [3.05, 3.63) is 35.4 Å². The van der Waals surface area contributed by atoms with Crippen LogP contribution in [0.15, 0.2) is 24.3 Å². The lowest BCUT2D eigenvalue weighted by Crippen LogP contribution is -1.70. The maximum atomic E-state index is 2.12. The first-order valence-electron chi connectivity index (χ1n) is 5.82. The molecule has 0 heterocycles. The third-order valence-electron chi connectivity index (χ3n) is 1.22. The molecule has 1 aromatic carbocycles. The van der Waals surface area contributed by atoms with Crippen LogP contribution in [-0.4, -0.2) is 0 Å². The van der Waals surface area contributed by atoms with E-state index in [9.17, 15) is 0 Å². The Bertz CT molecular complexity index is 139. The first-order chi connectivity index (χ1) is 6.79. The van der Waals surface area contributed by atoms with E-state index in [1.165, 1.54) is 11.1 Å². The second-order valence-electron chi connectivity index (χ2n) is 2.15. The molecule has 0 nitrogen and oxygen atoms in total. The molecule has 0 saturated heterocycles. The summed E-state index contributed by atoms with van der Waals surface area (Å²) in [5.74, 6) is 0. The molecule has 92 valence electrons. The summed E-state index contributed by atoms with van der Waals surface area (Å²) in [5.41, 5.74) is 2.66. The zero-order valence-corrected chi connectivity index (χ0v) is 11.3. The highest BCUT2D eigenvalue weighted by Gasteiger charge is 1.79. The smallest absolute Gasteiger partial charge is 0.0398 e. The molecule has 0 heteroatoms. The van der Waals surface area contributed by atoms with Crippen molar-refractivity contribution in [3.8, 4) is 0 Å². The van der Waals surface area contributed by atoms with Crippen LogP contribution in [0.1, 0.15) is 60.1 Å². The zero-order chi connectivity index (χ0) is 12.0. The Balaban J connectivity index is -0.0000000755. The van der Waals surface area contributed by atoms with Crippen molar-refractivity contribution >= 4 is 0 Å². The highest BCUT2D eigenvalue weighted by Crippen LogP contribution is 1.99. The van der Waals surface area contributed by atoms with E-state index >= 15 is 0 Å². The lowest BCUT2D eigenvalue weighted by molar-refractivity contribution is 1.40. The van der Waals surface area contributed by atoms with Crippen molar-refractivity contribution in [1.82, 2.24) is 0 Å². The zero-order valence-electron chi connectivity index (χ0n) is 11.3. The molecule has 0 unspecified atom stereocenters. The Morgan fingerprint density at radius 1 is 0.533 bits per heavy atom. The Hall–Kier alpha value is -0.780. The molecule has 0 aliphatic carbocycles. The van der Waals surface area contributed by atoms with Crippen LogP contribution in [0.2, 0.25) is 0 Å². The van der Waals surface area contributed by atoms with Crippen LogP contribution >= 0.6 is 0 Å². The van der Waals surface area contributed by atoms with Gasteiger partial charge in [0.25, 0.3) is 0 Å². The SMILES string of the molecule is C.CC.CC.CC.Cc1ccc(C)cc1. The molecular formula is C15H32. The summed E-state index contributed by atoms with van der Waals surface area (Å²) in [4.78, 5) is 0. The number of benzene rings is 1. The lowest BCUT2D eigenvalue weighted by atomic mass is 10.2. The first-order valence-corrected chi connectivity index (χ1v) is 5.82. The van der Waals surface area contributed by atoms with Crippen LogP contribution < -0.4 is 0 Å². The number of rotatable bonds is 0. The van der Waals surface area contributed by atoms with E-state index in [1.807, 2.05) is 41.5 Å². The minimum atomic E-state index is 0. The molecular weight excluding hydrogens is 180 g/mol. The summed E-state index contributed by atoms with van der Waals surface area (Å²) in [7, 11) is 0. The third-order valence-corrected chi connectivity index (χ3v) is 1.22. The number of hydrogen-bond acceptors (Lipinski definition) is 0. The van der Waals surface area contributed by atoms with Gasteiger partial charge in [-0.1, -0.05) is 84.4 Å². The summed E-state index contributed by atoms with van der Waals surface area (Å²) >= 11 is 0. The van der Waals surface area contributed by atoms with Crippen LogP contribution in [0.3, 0.4) is 0 Å². The minimum Gasteiger partial charge on any atom is -0.0776 e. The molecule has 15 heavy (non-hydrogen) atoms. The molecule has 1 aromatic rings. The van der Waals surface area contributed by atoms with Gasteiger partial charge in [0.2, 0.25) is 0 Å². The molecule has 0 radical (unpaired) electrons. The van der Waals surface area contributed by atoms with E-state index in [1.54, 1.807) is 0 Å². The van der Waals surface area contributed by atoms with Gasteiger partial charge in [0.1, 0.15) is 0 Å². The maximum absolute atomic E-state index is 2.12. The standard InChI is InChI=1S/C8H10.3C2H6.CH4/c1-7-3-5-8(2)6-4-7;3*1-2;/h3-6H,1-2H3;3*1-2H3;1H4. The molecule has 0 N–H and O–H groups in total. The number of hydrogen-bond donors (Lipinski definition) is 0. The third kappa shape index (κ3) is 19.6. The first kappa shape index (κ1) is 23.8. The van der Waals surface area contributed by atoms with Crippen LogP contribution in [-0.2, 0) is 0 Å². The van der Waals surface area contributed by atoms with E-state index in [4.69, 9.17) is 0 Å². The maximum Gasteiger partial charge on any atom is -0.0398 e. The predicted octanol–water partition coefficient (Wildman–Crippen LogP) is 6.02. The van der Waals surface area contributed by atoms with Gasteiger partial charge in [-0.25, -0.2) is 0 Å². The molecule has 0 atom stereocenters. The summed E-state index contributed by atoms with van der Waals surface area (Å²) < 4.78 is 0. The van der Waals surface area contributed by atoms with Gasteiger partial charge in [-0.15, -0.1) is 0 Å². The van der Waals surface area contributed by atoms with Crippen LogP contribution in [0.4, 0.5) is 0 Å². The van der Waals surface area contributed by atoms with Gasteiger partial charge in [0, 0.05) is 0 Å². The monoisotopic (exact) mass is 212 g/mol. The van der Waals surface area contributed by atoms with Gasteiger partial charge in [-0.3, -0.25) is 0 Å². The highest BCUT2D eigenvalue weighted by atomic mass is 13.9. The van der Waals surface area contributed by atoms with Crippen molar-refractivity contribution < 1.29 is 0 Å². The highest BCUT2D eigenvalue weighted by molar-refractivity contribution is 5.19. The molecule has 0 aromatic heterocycles. The van der Waals surface area contributed by atoms with Gasteiger partial charge in [0.05, 0.1) is 0 Å². The quantitative estimate of drug-likeness (QED) is 0.493. The van der Waals surface area contributed by atoms with E-state index in [-0.39, 0.29) is 7.43 Å². The second-order valence-corrected chi connectivity index (χ2v) is 2.15. The van der Waals surface area contributed by atoms with Crippen LogP contribution in [0.25, 0.3) is 0 Å². The van der Waals surface area contributed by atoms with E-state index in [2.05, 4.69) is 38.1 Å². The minimum absolute atomic E-state index is 0. The Kier molecular flexibility index (Phi) is 36.8. The molecule has 0 amide bonds. The molecule has 0 aliphatic heterocycles. The van der Waals surface area contributed by atoms with Gasteiger partial charge in [-0.2, -0.15) is 0 Å². The fourth-order valence-corrected chi connectivity index (χ4v) is 0.637. The largest absolute Gasteiger partial charge is 0.0776 e. The fraction of sp³-hybridized carbons (Fsp3) is 0.600. The van der Waals surface area contributed by atoms with E-state index < -0.39 is 0 Å². The average molecular weight is 212 g/mol. The van der Waals surface area contributed by atoms with E-state index in [0.29, 0.717) is 0 Å². The van der Waals surface area contributed by atoms with E-state index in [0.717, 1.165) is 0 Å². The molecule has 0 saturated carbocycles. The van der Waals surface area contributed by atoms with Gasteiger partial charge in [-0.05, 0) is 13.8 Å². The summed E-state index contributed by atoms with van der Waals surface area (Å²) in [6.07, 6.45) is 0. The summed E-state index contributed by atoms with van der Waals surface area (Å²) in [5, 5.41) is 0. The van der Waals surface area contributed by atoms with Gasteiger partial charge < -0.3 is 0 Å². The molecule has 0 bridgehead atoms. The molecule has 0 aliphatic rings. The van der Waals surface area contributed by atoms with Gasteiger partial charge in [0.15, 0.2) is 0 Å². The van der Waals surface area contributed by atoms with Crippen molar-refractivity contribution in [2.45, 2.75) is 62.8 Å². The Morgan fingerprint density at radius 3 is 0.800 bits per heavy atom. The molecule has 0 spiro atoms. The fourth-order valence-electron chi connectivity index (χ4n) is 0.637. The van der Waals surface area contributed by atoms with Crippen LogP contribution in [0, 0.1) is 13.8 Å². The predicted molar refractivity (Wildman–Crippen MR) is 76.7 cm³/mol. The van der Waals surface area contributed by atoms with Crippen molar-refractivity contribution in [2.24, 2.45) is 0 Å². The van der Waals surface area contributed by atoms with Crippen molar-refractivity contribution in [3.63, 3.8) is 0 Å². The van der Waals surface area contributed by atoms with Gasteiger partial charge >= 0.3 is 0 Å². The molecule has 1 rings (SSSR count). The Labute approximate surface area is 98.7 Å². The number of aryl methyl sites for hydroxylation is 2. The van der Waals surface area contributed by atoms with Crippen molar-refractivity contribution in [2.75, 3.05) is 0 Å². The lowest BCUT2D eigenvalue weighted by Gasteiger charge is -1.90. The molecule has 0 fully saturated rings. The normalized spacial score (nSPS) is 6.13. The average Bonchev–Trinajstić information content (AvgIpc) is 2.31. The summed E-state index contributed by atoms with van der Waals surface area (Å²) in [6, 6.07) is 8.48. The summed E-state index contributed by atoms with van der Waals surface area (Å²) in [6.45, 7) is 16.2. The Morgan fingerprint density at radius 2 is 0.667 bits per heavy atom. The van der Waals surface area contributed by atoms with Crippen LogP contribution in [0.5, 0.6) is 0 Å². The topological polar surface area (TPSA) is 0 Å².